The molecular weight excluding hydrogens is 264 g/mol. The number of hydrogen-bond donors (Lipinski definition) is 2. The molecule has 19 heavy (non-hydrogen) atoms. The van der Waals surface area contributed by atoms with Crippen LogP contribution in [0.3, 0.4) is 0 Å². The number of hydrogen-bond acceptors (Lipinski definition) is 4. The first-order chi connectivity index (χ1) is 9.06. The topological polar surface area (TPSA) is 73.6 Å². The molecule has 0 saturated carbocycles. The van der Waals surface area contributed by atoms with Gasteiger partial charge in [-0.15, -0.1) is 0 Å². The van der Waals surface area contributed by atoms with Crippen LogP contribution in [0.4, 0.5) is 0 Å². The third-order valence-corrected chi connectivity index (χ3v) is 2.61. The van der Waals surface area contributed by atoms with E-state index in [1.54, 1.807) is 25.3 Å². The van der Waals surface area contributed by atoms with Crippen molar-refractivity contribution < 1.29 is 14.3 Å². The highest BCUT2D eigenvalue weighted by Gasteiger charge is 2.06. The average Bonchev–Trinajstić information content (AvgIpc) is 2.38. The van der Waals surface area contributed by atoms with Crippen LogP contribution in [0.15, 0.2) is 18.2 Å². The van der Waals surface area contributed by atoms with E-state index < -0.39 is 0 Å². The van der Waals surface area contributed by atoms with E-state index in [4.69, 9.17) is 27.4 Å². The molecule has 0 aliphatic heterocycles. The SMILES string of the molecule is CCNC(=O)CCOc1cc(OC)cc(C(N)=S)c1. The molecule has 0 bridgehead atoms. The Labute approximate surface area is 118 Å². The molecule has 0 unspecified atom stereocenters. The van der Waals surface area contributed by atoms with Gasteiger partial charge in [0.2, 0.25) is 5.91 Å². The minimum atomic E-state index is -0.0417. The largest absolute Gasteiger partial charge is 0.497 e. The molecule has 0 spiro atoms. The fraction of sp³-hybridized carbons (Fsp3) is 0.385. The van der Waals surface area contributed by atoms with Crippen LogP contribution in [-0.2, 0) is 4.79 Å². The van der Waals surface area contributed by atoms with Crippen LogP contribution in [-0.4, -0.2) is 31.2 Å². The quantitative estimate of drug-likeness (QED) is 0.736. The fourth-order valence-corrected chi connectivity index (χ4v) is 1.58. The van der Waals surface area contributed by atoms with Crippen molar-refractivity contribution in [2.75, 3.05) is 20.3 Å². The van der Waals surface area contributed by atoms with E-state index in [-0.39, 0.29) is 17.5 Å². The van der Waals surface area contributed by atoms with E-state index in [9.17, 15) is 4.79 Å². The Morgan fingerprint density at radius 3 is 2.63 bits per heavy atom. The molecule has 0 fully saturated rings. The molecule has 0 aliphatic rings. The molecule has 6 heteroatoms. The molecule has 1 amide bonds. The molecular formula is C13H18N2O3S. The highest BCUT2D eigenvalue weighted by molar-refractivity contribution is 7.80. The third-order valence-electron chi connectivity index (χ3n) is 2.37. The van der Waals surface area contributed by atoms with E-state index in [0.717, 1.165) is 0 Å². The van der Waals surface area contributed by atoms with E-state index >= 15 is 0 Å². The first-order valence-corrected chi connectivity index (χ1v) is 6.36. The second-order valence-corrected chi connectivity index (χ2v) is 4.25. The molecule has 0 atom stereocenters. The highest BCUT2D eigenvalue weighted by Crippen LogP contribution is 2.22. The van der Waals surface area contributed by atoms with Gasteiger partial charge >= 0.3 is 0 Å². The van der Waals surface area contributed by atoms with Gasteiger partial charge in [0.1, 0.15) is 16.5 Å². The minimum absolute atomic E-state index is 0.0417. The molecule has 104 valence electrons. The van der Waals surface area contributed by atoms with Crippen molar-refractivity contribution in [2.24, 2.45) is 5.73 Å². The van der Waals surface area contributed by atoms with Crippen LogP contribution in [0.25, 0.3) is 0 Å². The number of benzene rings is 1. The fourth-order valence-electron chi connectivity index (χ4n) is 1.46. The maximum absolute atomic E-state index is 11.3. The van der Waals surface area contributed by atoms with Gasteiger partial charge in [-0.2, -0.15) is 0 Å². The Hall–Kier alpha value is -1.82. The van der Waals surface area contributed by atoms with Crippen molar-refractivity contribution in [1.82, 2.24) is 5.32 Å². The zero-order valence-electron chi connectivity index (χ0n) is 11.1. The summed E-state index contributed by atoms with van der Waals surface area (Å²) in [6, 6.07) is 5.18. The number of nitrogens with two attached hydrogens (primary N) is 1. The smallest absolute Gasteiger partial charge is 0.223 e. The Balaban J connectivity index is 2.64. The van der Waals surface area contributed by atoms with E-state index in [2.05, 4.69) is 5.32 Å². The number of rotatable bonds is 7. The van der Waals surface area contributed by atoms with Gasteiger partial charge in [0, 0.05) is 18.2 Å². The number of thiocarbonyl (C=S) groups is 1. The van der Waals surface area contributed by atoms with Crippen molar-refractivity contribution in [3.05, 3.63) is 23.8 Å². The van der Waals surface area contributed by atoms with Crippen LogP contribution in [0, 0.1) is 0 Å². The van der Waals surface area contributed by atoms with Crippen molar-refractivity contribution in [3.63, 3.8) is 0 Å². The van der Waals surface area contributed by atoms with Crippen LogP contribution < -0.4 is 20.5 Å². The molecule has 0 aliphatic carbocycles. The van der Waals surface area contributed by atoms with Crippen LogP contribution >= 0.6 is 12.2 Å². The number of methoxy groups -OCH3 is 1. The molecule has 1 rings (SSSR count). The van der Waals surface area contributed by atoms with E-state index in [1.807, 2.05) is 6.92 Å². The normalized spacial score (nSPS) is 9.79. The predicted molar refractivity (Wildman–Crippen MR) is 77.7 cm³/mol. The maximum Gasteiger partial charge on any atom is 0.223 e. The number of nitrogens with one attached hydrogen (secondary N) is 1. The standard InChI is InChI=1S/C13H18N2O3S/c1-3-15-12(16)4-5-18-11-7-9(13(14)19)6-10(8-11)17-2/h6-8H,3-5H2,1-2H3,(H2,14,19)(H,15,16). The Morgan fingerprint density at radius 2 is 2.05 bits per heavy atom. The number of amides is 1. The summed E-state index contributed by atoms with van der Waals surface area (Å²) in [5.74, 6) is 1.14. The summed E-state index contributed by atoms with van der Waals surface area (Å²) < 4.78 is 10.6. The van der Waals surface area contributed by atoms with Crippen molar-refractivity contribution in [2.45, 2.75) is 13.3 Å². The molecule has 1 aromatic carbocycles. The van der Waals surface area contributed by atoms with Gasteiger partial charge < -0.3 is 20.5 Å². The first kappa shape index (κ1) is 15.2. The number of carbonyl (C=O) groups excluding carboxylic acids is 1. The summed E-state index contributed by atoms with van der Waals surface area (Å²) in [6.45, 7) is 2.77. The summed E-state index contributed by atoms with van der Waals surface area (Å²) in [7, 11) is 1.55. The van der Waals surface area contributed by atoms with Crippen LogP contribution in [0.1, 0.15) is 18.9 Å². The third kappa shape index (κ3) is 5.13. The van der Waals surface area contributed by atoms with Crippen molar-refractivity contribution >= 4 is 23.1 Å². The molecule has 5 nitrogen and oxygen atoms in total. The van der Waals surface area contributed by atoms with Gasteiger partial charge in [-0.05, 0) is 19.1 Å². The van der Waals surface area contributed by atoms with Gasteiger partial charge in [0.05, 0.1) is 20.1 Å². The molecule has 0 radical (unpaired) electrons. The lowest BCUT2D eigenvalue weighted by molar-refractivity contribution is -0.121. The minimum Gasteiger partial charge on any atom is -0.497 e. The second-order valence-electron chi connectivity index (χ2n) is 3.81. The summed E-state index contributed by atoms with van der Waals surface area (Å²) >= 11 is 4.92. The molecule has 3 N–H and O–H groups in total. The lowest BCUT2D eigenvalue weighted by Crippen LogP contribution is -2.24. The average molecular weight is 282 g/mol. The molecule has 1 aromatic rings. The molecule has 0 aromatic heterocycles. The molecule has 0 saturated heterocycles. The zero-order valence-corrected chi connectivity index (χ0v) is 11.9. The maximum atomic E-state index is 11.3. The summed E-state index contributed by atoms with van der Waals surface area (Å²) in [5.41, 5.74) is 6.25. The Bertz CT molecular complexity index is 463. The van der Waals surface area contributed by atoms with Gasteiger partial charge in [0.15, 0.2) is 0 Å². The number of carbonyl (C=O) groups is 1. The molecule has 0 heterocycles. The van der Waals surface area contributed by atoms with Gasteiger partial charge in [-0.25, -0.2) is 0 Å². The lowest BCUT2D eigenvalue weighted by atomic mass is 10.2. The lowest BCUT2D eigenvalue weighted by Gasteiger charge is -2.10. The predicted octanol–water partition coefficient (Wildman–Crippen LogP) is 1.23. The van der Waals surface area contributed by atoms with Gasteiger partial charge in [-0.1, -0.05) is 12.2 Å². The Morgan fingerprint density at radius 1 is 1.37 bits per heavy atom. The highest BCUT2D eigenvalue weighted by atomic mass is 32.1. The zero-order chi connectivity index (χ0) is 14.3. The van der Waals surface area contributed by atoms with Crippen LogP contribution in [0.5, 0.6) is 11.5 Å². The summed E-state index contributed by atoms with van der Waals surface area (Å²) in [4.78, 5) is 11.5. The van der Waals surface area contributed by atoms with E-state index in [1.165, 1.54) is 0 Å². The Kier molecular flexibility index (Phi) is 6.08. The first-order valence-electron chi connectivity index (χ1n) is 5.95. The van der Waals surface area contributed by atoms with Crippen molar-refractivity contribution in [1.29, 1.82) is 0 Å². The summed E-state index contributed by atoms with van der Waals surface area (Å²) in [6.07, 6.45) is 0.299. The monoisotopic (exact) mass is 282 g/mol. The van der Waals surface area contributed by atoms with Crippen LogP contribution in [0.2, 0.25) is 0 Å². The summed E-state index contributed by atoms with van der Waals surface area (Å²) in [5, 5.41) is 2.70. The second kappa shape index (κ2) is 7.58. The van der Waals surface area contributed by atoms with Gasteiger partial charge in [0.25, 0.3) is 0 Å². The number of ether oxygens (including phenoxy) is 2. The van der Waals surface area contributed by atoms with Crippen molar-refractivity contribution in [3.8, 4) is 11.5 Å². The van der Waals surface area contributed by atoms with Gasteiger partial charge in [-0.3, -0.25) is 4.79 Å². The van der Waals surface area contributed by atoms with E-state index in [0.29, 0.717) is 30.0 Å².